The Morgan fingerprint density at radius 2 is 1.56 bits per heavy atom. The third-order valence-corrected chi connectivity index (χ3v) is 3.67. The van der Waals surface area contributed by atoms with Crippen LogP contribution in [-0.4, -0.2) is 18.3 Å². The zero-order valence-electron chi connectivity index (χ0n) is 11.5. The van der Waals surface area contributed by atoms with Crippen molar-refractivity contribution in [2.24, 2.45) is 5.92 Å². The first-order valence-electron chi connectivity index (χ1n) is 6.18. The molecule has 1 aliphatic rings. The van der Waals surface area contributed by atoms with E-state index < -0.39 is 0 Å². The fourth-order valence-electron chi connectivity index (χ4n) is 1.93. The largest absolute Gasteiger partial charge is 0.465 e. The van der Waals surface area contributed by atoms with Crippen molar-refractivity contribution in [3.05, 3.63) is 12.7 Å². The smallest absolute Gasteiger partial charge is 0.403 e. The second-order valence-corrected chi connectivity index (χ2v) is 6.15. The van der Waals surface area contributed by atoms with E-state index in [-0.39, 0.29) is 24.1 Å². The molecule has 1 saturated heterocycles. The summed E-state index contributed by atoms with van der Waals surface area (Å²) < 4.78 is 12.0. The highest BCUT2D eigenvalue weighted by atomic mass is 16.7. The van der Waals surface area contributed by atoms with E-state index >= 15 is 0 Å². The Morgan fingerprint density at radius 1 is 1.12 bits per heavy atom. The van der Waals surface area contributed by atoms with Crippen molar-refractivity contribution in [3.8, 4) is 0 Å². The van der Waals surface area contributed by atoms with Gasteiger partial charge >= 0.3 is 7.12 Å². The van der Waals surface area contributed by atoms with Crippen molar-refractivity contribution in [1.29, 1.82) is 0 Å². The molecule has 3 heteroatoms. The predicted octanol–water partition coefficient (Wildman–Crippen LogP) is 3.68. The molecular formula is C13H25BO2. The van der Waals surface area contributed by atoms with Gasteiger partial charge in [0.05, 0.1) is 11.2 Å². The Morgan fingerprint density at radius 3 is 1.88 bits per heavy atom. The van der Waals surface area contributed by atoms with Gasteiger partial charge in [0.2, 0.25) is 0 Å². The van der Waals surface area contributed by atoms with Crippen LogP contribution in [-0.2, 0) is 9.31 Å². The standard InChI is InChI=1S/C13H25BO2/c1-8-11(9-10(2)3)14-15-12(4,5)13(6,7)16-14/h8,10-11H,1,9H2,2-7H3. The minimum Gasteiger partial charge on any atom is -0.403 e. The van der Waals surface area contributed by atoms with E-state index in [1.165, 1.54) is 0 Å². The molecule has 0 saturated carbocycles. The lowest BCUT2D eigenvalue weighted by Gasteiger charge is -2.32. The average molecular weight is 224 g/mol. The minimum absolute atomic E-state index is 0.148. The molecule has 0 aromatic heterocycles. The molecule has 0 N–H and O–H groups in total. The summed E-state index contributed by atoms with van der Waals surface area (Å²) in [4.78, 5) is 0. The van der Waals surface area contributed by atoms with Crippen LogP contribution in [0.5, 0.6) is 0 Å². The summed E-state index contributed by atoms with van der Waals surface area (Å²) in [5.74, 6) is 0.906. The highest BCUT2D eigenvalue weighted by molar-refractivity contribution is 6.48. The molecule has 0 radical (unpaired) electrons. The van der Waals surface area contributed by atoms with Crippen molar-refractivity contribution >= 4 is 7.12 Å². The number of hydrogen-bond donors (Lipinski definition) is 0. The zero-order valence-corrected chi connectivity index (χ0v) is 11.5. The van der Waals surface area contributed by atoms with Gasteiger partial charge in [0.1, 0.15) is 0 Å². The summed E-state index contributed by atoms with van der Waals surface area (Å²) in [5.41, 5.74) is -0.480. The zero-order chi connectivity index (χ0) is 12.6. The van der Waals surface area contributed by atoms with Gasteiger partial charge in [-0.05, 0) is 40.0 Å². The van der Waals surface area contributed by atoms with Crippen LogP contribution in [0.2, 0.25) is 5.82 Å². The molecule has 0 aliphatic carbocycles. The molecule has 16 heavy (non-hydrogen) atoms. The monoisotopic (exact) mass is 224 g/mol. The summed E-state index contributed by atoms with van der Waals surface area (Å²) in [6, 6.07) is 0. The molecule has 1 atom stereocenters. The highest BCUT2D eigenvalue weighted by Gasteiger charge is 2.53. The summed E-state index contributed by atoms with van der Waals surface area (Å²) in [7, 11) is -0.148. The molecule has 1 unspecified atom stereocenters. The maximum Gasteiger partial charge on any atom is 0.465 e. The van der Waals surface area contributed by atoms with Crippen LogP contribution in [0.3, 0.4) is 0 Å². The molecule has 1 aliphatic heterocycles. The average Bonchev–Trinajstić information content (AvgIpc) is 2.31. The van der Waals surface area contributed by atoms with Crippen LogP contribution in [0.15, 0.2) is 12.7 Å². The Hall–Kier alpha value is -0.275. The molecular weight excluding hydrogens is 199 g/mol. The van der Waals surface area contributed by atoms with Gasteiger partial charge in [-0.2, -0.15) is 0 Å². The van der Waals surface area contributed by atoms with E-state index in [0.29, 0.717) is 5.92 Å². The van der Waals surface area contributed by atoms with Gasteiger partial charge in [-0.1, -0.05) is 19.9 Å². The van der Waals surface area contributed by atoms with Crippen LogP contribution in [0.1, 0.15) is 48.0 Å². The number of hydrogen-bond acceptors (Lipinski definition) is 2. The molecule has 0 bridgehead atoms. The van der Waals surface area contributed by atoms with Crippen LogP contribution in [0, 0.1) is 5.92 Å². The third kappa shape index (κ3) is 2.69. The normalized spacial score (nSPS) is 24.8. The molecule has 0 aromatic rings. The van der Waals surface area contributed by atoms with E-state index in [4.69, 9.17) is 9.31 Å². The van der Waals surface area contributed by atoms with Crippen LogP contribution < -0.4 is 0 Å². The van der Waals surface area contributed by atoms with E-state index in [1.54, 1.807) is 0 Å². The molecule has 1 fully saturated rings. The SMILES string of the molecule is C=CC(CC(C)C)B1OC(C)(C)C(C)(C)O1. The Balaban J connectivity index is 2.73. The molecule has 92 valence electrons. The van der Waals surface area contributed by atoms with Crippen molar-refractivity contribution in [1.82, 2.24) is 0 Å². The van der Waals surface area contributed by atoms with Gasteiger partial charge in [0.15, 0.2) is 0 Å². The topological polar surface area (TPSA) is 18.5 Å². The first-order valence-corrected chi connectivity index (χ1v) is 6.18. The fourth-order valence-corrected chi connectivity index (χ4v) is 1.93. The fraction of sp³-hybridized carbons (Fsp3) is 0.846. The summed E-state index contributed by atoms with van der Waals surface area (Å²) in [6.07, 6.45) is 3.02. The molecule has 0 amide bonds. The van der Waals surface area contributed by atoms with Gasteiger partial charge in [0.25, 0.3) is 0 Å². The van der Waals surface area contributed by atoms with Gasteiger partial charge in [-0.3, -0.25) is 0 Å². The van der Waals surface area contributed by atoms with Crippen molar-refractivity contribution in [3.63, 3.8) is 0 Å². The van der Waals surface area contributed by atoms with Crippen molar-refractivity contribution in [2.45, 2.75) is 65.0 Å². The van der Waals surface area contributed by atoms with Gasteiger partial charge in [0, 0.05) is 5.82 Å². The molecule has 0 aromatic carbocycles. The maximum atomic E-state index is 6.02. The van der Waals surface area contributed by atoms with E-state index in [1.807, 2.05) is 6.08 Å². The third-order valence-electron chi connectivity index (χ3n) is 3.67. The summed E-state index contributed by atoms with van der Waals surface area (Å²) >= 11 is 0. The summed E-state index contributed by atoms with van der Waals surface area (Å²) in [6.45, 7) is 16.7. The van der Waals surface area contributed by atoms with Gasteiger partial charge < -0.3 is 9.31 Å². The van der Waals surface area contributed by atoms with Gasteiger partial charge in [-0.25, -0.2) is 0 Å². The lowest BCUT2D eigenvalue weighted by Crippen LogP contribution is -2.41. The number of allylic oxidation sites excluding steroid dienone is 1. The predicted molar refractivity (Wildman–Crippen MR) is 69.5 cm³/mol. The Kier molecular flexibility index (Phi) is 3.91. The second-order valence-electron chi connectivity index (χ2n) is 6.15. The first kappa shape index (κ1) is 13.8. The lowest BCUT2D eigenvalue weighted by atomic mass is 9.68. The van der Waals surface area contributed by atoms with Crippen LogP contribution in [0.25, 0.3) is 0 Å². The van der Waals surface area contributed by atoms with E-state index in [9.17, 15) is 0 Å². The highest BCUT2D eigenvalue weighted by Crippen LogP contribution is 2.41. The first-order chi connectivity index (χ1) is 7.19. The van der Waals surface area contributed by atoms with E-state index in [2.05, 4.69) is 48.1 Å². The van der Waals surface area contributed by atoms with Crippen LogP contribution >= 0.6 is 0 Å². The summed E-state index contributed by atoms with van der Waals surface area (Å²) in [5, 5.41) is 0. The van der Waals surface area contributed by atoms with Gasteiger partial charge in [-0.15, -0.1) is 6.58 Å². The van der Waals surface area contributed by atoms with Crippen LogP contribution in [0.4, 0.5) is 0 Å². The molecule has 1 rings (SSSR count). The minimum atomic E-state index is -0.240. The number of rotatable bonds is 4. The molecule has 1 heterocycles. The second kappa shape index (κ2) is 4.54. The maximum absolute atomic E-state index is 6.02. The Labute approximate surface area is 101 Å². The van der Waals surface area contributed by atoms with Crippen molar-refractivity contribution in [2.75, 3.05) is 0 Å². The quantitative estimate of drug-likeness (QED) is 0.535. The molecule has 2 nitrogen and oxygen atoms in total. The molecule has 0 spiro atoms. The van der Waals surface area contributed by atoms with E-state index in [0.717, 1.165) is 6.42 Å². The Bertz CT molecular complexity index is 243. The lowest BCUT2D eigenvalue weighted by molar-refractivity contribution is 0.00578. The van der Waals surface area contributed by atoms with Crippen molar-refractivity contribution < 1.29 is 9.31 Å².